The van der Waals surface area contributed by atoms with Gasteiger partial charge in [0, 0.05) is 23.5 Å². The van der Waals surface area contributed by atoms with Gasteiger partial charge in [0.2, 0.25) is 5.91 Å². The van der Waals surface area contributed by atoms with Crippen molar-refractivity contribution in [3.8, 4) is 16.2 Å². The second-order valence-corrected chi connectivity index (χ2v) is 13.7. The molecule has 2 amide bonds. The van der Waals surface area contributed by atoms with E-state index in [-0.39, 0.29) is 29.3 Å². The summed E-state index contributed by atoms with van der Waals surface area (Å²) in [6, 6.07) is 37.2. The van der Waals surface area contributed by atoms with Crippen molar-refractivity contribution >= 4 is 45.7 Å². The lowest BCUT2D eigenvalue weighted by atomic mass is 10.0. The van der Waals surface area contributed by atoms with Crippen LogP contribution in [0.15, 0.2) is 134 Å². The Kier molecular flexibility index (Phi) is 10.9. The molecule has 0 aliphatic carbocycles. The number of fused-ring (bicyclic) bond motifs is 1. The number of hydrogen-bond acceptors (Lipinski definition) is 6. The van der Waals surface area contributed by atoms with Crippen LogP contribution in [0.5, 0.6) is 5.75 Å². The average Bonchev–Trinajstić information content (AvgIpc) is 3.83. The van der Waals surface area contributed by atoms with Crippen molar-refractivity contribution in [1.29, 1.82) is 0 Å². The molecule has 1 atom stereocenters. The first-order chi connectivity index (χ1) is 26.3. The Balaban J connectivity index is 1.17. The first kappa shape index (κ1) is 35.8. The molecule has 7 aromatic rings. The highest BCUT2D eigenvalue weighted by Gasteiger charge is 2.26. The minimum Gasteiger partial charge on any atom is -0.489 e. The number of para-hydroxylation sites is 1. The Morgan fingerprint density at radius 3 is 2.33 bits per heavy atom. The van der Waals surface area contributed by atoms with E-state index in [1.165, 1.54) is 11.3 Å². The summed E-state index contributed by atoms with van der Waals surface area (Å²) in [6.45, 7) is 0.423. The molecule has 5 aromatic carbocycles. The fraction of sp³-hybridized carbons (Fsp3) is 0.116. The fourth-order valence-corrected chi connectivity index (χ4v) is 7.23. The number of nitrogens with one attached hydrogen (secondary N) is 3. The van der Waals surface area contributed by atoms with Gasteiger partial charge < -0.3 is 25.5 Å². The van der Waals surface area contributed by atoms with E-state index in [4.69, 9.17) is 9.72 Å². The number of aryl methyl sites for hydroxylation is 1. The lowest BCUT2D eigenvalue weighted by Crippen LogP contribution is -2.30. The smallest absolute Gasteiger partial charge is 0.335 e. The Morgan fingerprint density at radius 2 is 1.57 bits per heavy atom. The molecular weight excluding hydrogens is 704 g/mol. The maximum Gasteiger partial charge on any atom is 0.335 e. The SMILES string of the molecule is O=C(CCc1c[nH]c2ccccc12)N[C@@H](Cc1ccc(OCc2ccccc2)cc1)c1nc(C(=O)Nc2cc(C(=O)O)ccc2F)c(-c2ccccc2)s1. The molecule has 54 heavy (non-hydrogen) atoms. The van der Waals surface area contributed by atoms with Gasteiger partial charge in [-0.2, -0.15) is 0 Å². The number of nitrogens with zero attached hydrogens (tertiary/aromatic N) is 1. The summed E-state index contributed by atoms with van der Waals surface area (Å²) < 4.78 is 20.8. The van der Waals surface area contributed by atoms with Crippen LogP contribution in [0, 0.1) is 5.82 Å². The second-order valence-electron chi connectivity index (χ2n) is 12.7. The quantitative estimate of drug-likeness (QED) is 0.0881. The number of carboxylic acids is 1. The minimum absolute atomic E-state index is 0.0176. The fourth-order valence-electron chi connectivity index (χ4n) is 6.11. The van der Waals surface area contributed by atoms with Gasteiger partial charge in [0.05, 0.1) is 22.2 Å². The first-order valence-electron chi connectivity index (χ1n) is 17.3. The number of H-pyrrole nitrogens is 1. The number of thiazole rings is 1. The third kappa shape index (κ3) is 8.54. The van der Waals surface area contributed by atoms with Crippen molar-refractivity contribution in [3.63, 3.8) is 0 Å². The van der Waals surface area contributed by atoms with Gasteiger partial charge in [-0.05, 0) is 71.5 Å². The van der Waals surface area contributed by atoms with Crippen LogP contribution in [0.2, 0.25) is 0 Å². The first-order valence-corrected chi connectivity index (χ1v) is 18.1. The van der Waals surface area contributed by atoms with Crippen molar-refractivity contribution in [2.24, 2.45) is 0 Å². The Hall–Kier alpha value is -6.59. The highest BCUT2D eigenvalue weighted by molar-refractivity contribution is 7.15. The van der Waals surface area contributed by atoms with Crippen molar-refractivity contribution in [2.45, 2.75) is 31.9 Å². The maximum atomic E-state index is 14.8. The molecule has 2 heterocycles. The van der Waals surface area contributed by atoms with E-state index in [0.717, 1.165) is 45.8 Å². The minimum atomic E-state index is -1.26. The number of carbonyl (C=O) groups excluding carboxylic acids is 2. The van der Waals surface area contributed by atoms with E-state index in [2.05, 4.69) is 15.6 Å². The molecule has 4 N–H and O–H groups in total. The number of hydrogen-bond donors (Lipinski definition) is 4. The maximum absolute atomic E-state index is 14.8. The van der Waals surface area contributed by atoms with E-state index in [0.29, 0.717) is 40.6 Å². The monoisotopic (exact) mass is 738 g/mol. The van der Waals surface area contributed by atoms with Crippen LogP contribution < -0.4 is 15.4 Å². The summed E-state index contributed by atoms with van der Waals surface area (Å²) in [5, 5.41) is 16.7. The highest BCUT2D eigenvalue weighted by Crippen LogP contribution is 2.35. The van der Waals surface area contributed by atoms with E-state index < -0.39 is 23.7 Å². The zero-order valence-corrected chi connectivity index (χ0v) is 29.7. The van der Waals surface area contributed by atoms with Gasteiger partial charge in [0.1, 0.15) is 28.9 Å². The van der Waals surface area contributed by atoms with Crippen molar-refractivity contribution in [2.75, 3.05) is 5.32 Å². The molecule has 0 aliphatic heterocycles. The zero-order chi connectivity index (χ0) is 37.4. The highest BCUT2D eigenvalue weighted by atomic mass is 32.1. The number of ether oxygens (including phenoxy) is 1. The molecule has 0 aliphatic rings. The predicted molar refractivity (Wildman–Crippen MR) is 207 cm³/mol. The number of amides is 2. The van der Waals surface area contributed by atoms with Crippen molar-refractivity contribution in [1.82, 2.24) is 15.3 Å². The van der Waals surface area contributed by atoms with Crippen LogP contribution >= 0.6 is 11.3 Å². The van der Waals surface area contributed by atoms with E-state index in [9.17, 15) is 23.9 Å². The molecule has 9 nitrogen and oxygen atoms in total. The predicted octanol–water partition coefficient (Wildman–Crippen LogP) is 8.99. The summed E-state index contributed by atoms with van der Waals surface area (Å²) in [5.41, 5.74) is 4.23. The standard InChI is InChI=1S/C43H35FN4O5S/c44-34-21-17-30(43(51)52)24-36(34)47-41(50)39-40(29-11-5-2-6-12-29)54-42(48-39)37(46-38(49)22-18-31-25-45-35-14-8-7-13-33(31)35)23-27-15-19-32(20-16-27)53-26-28-9-3-1-4-10-28/h1-17,19-21,24-25,37,45H,18,22-23,26H2,(H,46,49)(H,47,50)(H,51,52)/t37-/m0/s1. The Morgan fingerprint density at radius 1 is 0.852 bits per heavy atom. The topological polar surface area (TPSA) is 133 Å². The molecule has 0 radical (unpaired) electrons. The summed E-state index contributed by atoms with van der Waals surface area (Å²) in [6.07, 6.45) is 3.01. The average molecular weight is 739 g/mol. The van der Waals surface area contributed by atoms with Gasteiger partial charge in [0.25, 0.3) is 5.91 Å². The third-order valence-corrected chi connectivity index (χ3v) is 10.1. The molecule has 0 spiro atoms. The van der Waals surface area contributed by atoms with Crippen LogP contribution in [0.25, 0.3) is 21.3 Å². The van der Waals surface area contributed by atoms with Gasteiger partial charge >= 0.3 is 5.97 Å². The number of aromatic amines is 1. The van der Waals surface area contributed by atoms with Crippen LogP contribution in [-0.2, 0) is 24.2 Å². The number of aromatic carboxylic acids is 1. The summed E-state index contributed by atoms with van der Waals surface area (Å²) in [7, 11) is 0. The van der Waals surface area contributed by atoms with Crippen LogP contribution in [-0.4, -0.2) is 32.9 Å². The Labute approximate surface area is 314 Å². The molecule has 11 heteroatoms. The van der Waals surface area contributed by atoms with Gasteiger partial charge in [-0.25, -0.2) is 14.2 Å². The molecular formula is C43H35FN4O5S. The van der Waals surface area contributed by atoms with E-state index in [1.807, 2.05) is 115 Å². The molecule has 0 unspecified atom stereocenters. The second kappa shape index (κ2) is 16.4. The van der Waals surface area contributed by atoms with Crippen molar-refractivity contribution < 1.29 is 28.6 Å². The molecule has 0 saturated heterocycles. The van der Waals surface area contributed by atoms with Crippen LogP contribution in [0.1, 0.15) is 55.0 Å². The van der Waals surface area contributed by atoms with E-state index >= 15 is 0 Å². The lowest BCUT2D eigenvalue weighted by molar-refractivity contribution is -0.121. The van der Waals surface area contributed by atoms with Crippen LogP contribution in [0.4, 0.5) is 10.1 Å². The molecule has 7 rings (SSSR count). The number of aromatic nitrogens is 2. The van der Waals surface area contributed by atoms with Gasteiger partial charge in [-0.1, -0.05) is 91.0 Å². The summed E-state index contributed by atoms with van der Waals surface area (Å²) in [5.74, 6) is -2.27. The number of halogens is 1. The molecule has 0 saturated carbocycles. The third-order valence-electron chi connectivity index (χ3n) is 8.90. The molecule has 0 bridgehead atoms. The molecule has 0 fully saturated rings. The van der Waals surface area contributed by atoms with Gasteiger partial charge in [0.15, 0.2) is 0 Å². The molecule has 2 aromatic heterocycles. The van der Waals surface area contributed by atoms with E-state index in [1.54, 1.807) is 0 Å². The van der Waals surface area contributed by atoms with Gasteiger partial charge in [-0.15, -0.1) is 11.3 Å². The zero-order valence-electron chi connectivity index (χ0n) is 28.9. The Bertz CT molecular complexity index is 2410. The number of anilines is 1. The number of carbonyl (C=O) groups is 3. The van der Waals surface area contributed by atoms with Crippen molar-refractivity contribution in [3.05, 3.63) is 172 Å². The molecule has 270 valence electrons. The summed E-state index contributed by atoms with van der Waals surface area (Å²) in [4.78, 5) is 47.6. The number of carboxylic acid groups (broad SMARTS) is 1. The normalized spacial score (nSPS) is 11.6. The summed E-state index contributed by atoms with van der Waals surface area (Å²) >= 11 is 1.26. The lowest BCUT2D eigenvalue weighted by Gasteiger charge is -2.17. The van der Waals surface area contributed by atoms with Crippen LogP contribution in [0.3, 0.4) is 0 Å². The largest absolute Gasteiger partial charge is 0.489 e. The van der Waals surface area contributed by atoms with Gasteiger partial charge in [-0.3, -0.25) is 9.59 Å². The number of rotatable bonds is 14. The number of benzene rings is 5.